The lowest BCUT2D eigenvalue weighted by atomic mass is 9.87. The van der Waals surface area contributed by atoms with Crippen LogP contribution < -0.4 is 4.74 Å². The molecule has 2 aromatic rings. The lowest BCUT2D eigenvalue weighted by molar-refractivity contribution is -0.141. The van der Waals surface area contributed by atoms with Gasteiger partial charge in [-0.1, -0.05) is 25.3 Å². The van der Waals surface area contributed by atoms with Crippen LogP contribution >= 0.6 is 0 Å². The minimum Gasteiger partial charge on any atom is -0.491 e. The fourth-order valence-electron chi connectivity index (χ4n) is 4.06. The number of esters is 2. The van der Waals surface area contributed by atoms with Crippen LogP contribution in [0.1, 0.15) is 43.9 Å². The molecule has 2 aromatic carbocycles. The van der Waals surface area contributed by atoms with Gasteiger partial charge in [0.15, 0.2) is 0 Å². The topological polar surface area (TPSA) is 89.5 Å². The summed E-state index contributed by atoms with van der Waals surface area (Å²) in [6.45, 7) is 13.1. The molecule has 0 radical (unpaired) electrons. The summed E-state index contributed by atoms with van der Waals surface area (Å²) in [7, 11) is 0. The summed E-state index contributed by atoms with van der Waals surface area (Å²) in [6.07, 6.45) is 3.10. The third-order valence-corrected chi connectivity index (χ3v) is 5.99. The van der Waals surface area contributed by atoms with Gasteiger partial charge in [-0.05, 0) is 73.2 Å². The molecule has 0 aromatic heterocycles. The van der Waals surface area contributed by atoms with E-state index in [1.165, 1.54) is 11.1 Å². The van der Waals surface area contributed by atoms with E-state index in [4.69, 9.17) is 28.4 Å². The molecule has 206 valence electrons. The first-order valence-electron chi connectivity index (χ1n) is 13.0. The number of hydrogen-bond donors (Lipinski definition) is 0. The van der Waals surface area contributed by atoms with Crippen molar-refractivity contribution in [2.24, 2.45) is 0 Å². The zero-order chi connectivity index (χ0) is 27.3. The van der Waals surface area contributed by atoms with Crippen LogP contribution in [0, 0.1) is 0 Å². The normalized spacial score (nSPS) is 14.5. The van der Waals surface area contributed by atoms with Gasteiger partial charge in [0, 0.05) is 11.1 Å². The first-order valence-corrected chi connectivity index (χ1v) is 13.0. The van der Waals surface area contributed by atoms with E-state index in [-0.39, 0.29) is 19.3 Å². The van der Waals surface area contributed by atoms with Crippen molar-refractivity contribution in [2.45, 2.75) is 39.2 Å². The predicted octanol–water partition coefficient (Wildman–Crippen LogP) is 4.88. The molecule has 38 heavy (non-hydrogen) atoms. The van der Waals surface area contributed by atoms with E-state index >= 15 is 0 Å². The van der Waals surface area contributed by atoms with Crippen LogP contribution in [-0.4, -0.2) is 64.8 Å². The molecule has 0 spiro atoms. The van der Waals surface area contributed by atoms with Crippen molar-refractivity contribution in [3.63, 3.8) is 0 Å². The van der Waals surface area contributed by atoms with Crippen molar-refractivity contribution in [3.8, 4) is 5.75 Å². The maximum absolute atomic E-state index is 11.4. The lowest BCUT2D eigenvalue weighted by Gasteiger charge is -2.26. The molecule has 0 aliphatic heterocycles. The van der Waals surface area contributed by atoms with Gasteiger partial charge in [0.1, 0.15) is 25.6 Å². The first-order chi connectivity index (χ1) is 18.3. The number of carbonyl (C=O) groups excluding carboxylic acids is 2. The van der Waals surface area contributed by atoms with Crippen molar-refractivity contribution >= 4 is 22.7 Å². The van der Waals surface area contributed by atoms with E-state index in [9.17, 15) is 9.59 Å². The SMILES string of the molecule is C=C(C)C(=O)OCCOCCOc1ccc2cc3c(cc2c1)CCCC3OCCOCCOC(=O)C(=C)C. The fourth-order valence-corrected chi connectivity index (χ4v) is 4.06. The molecule has 0 amide bonds. The van der Waals surface area contributed by atoms with Crippen LogP contribution in [0.15, 0.2) is 54.6 Å². The second-order valence-corrected chi connectivity index (χ2v) is 9.22. The third-order valence-electron chi connectivity index (χ3n) is 5.99. The molecule has 8 heteroatoms. The summed E-state index contributed by atoms with van der Waals surface area (Å²) in [5.74, 6) is -0.0327. The molecule has 0 fully saturated rings. The van der Waals surface area contributed by atoms with Crippen molar-refractivity contribution in [1.82, 2.24) is 0 Å². The van der Waals surface area contributed by atoms with Gasteiger partial charge in [-0.3, -0.25) is 0 Å². The van der Waals surface area contributed by atoms with Gasteiger partial charge in [-0.2, -0.15) is 0 Å². The van der Waals surface area contributed by atoms with Crippen LogP contribution in [0.4, 0.5) is 0 Å². The Hall–Kier alpha value is -3.20. The Balaban J connectivity index is 1.42. The predicted molar refractivity (Wildman–Crippen MR) is 144 cm³/mol. The summed E-state index contributed by atoms with van der Waals surface area (Å²) >= 11 is 0. The van der Waals surface area contributed by atoms with E-state index < -0.39 is 11.9 Å². The number of rotatable bonds is 16. The first kappa shape index (κ1) is 29.4. The smallest absolute Gasteiger partial charge is 0.333 e. The molecular weight excluding hydrogens is 488 g/mol. The Kier molecular flexibility index (Phi) is 11.8. The second-order valence-electron chi connectivity index (χ2n) is 9.22. The molecule has 3 rings (SSSR count). The molecule has 0 bridgehead atoms. The van der Waals surface area contributed by atoms with Crippen molar-refractivity contribution < 1.29 is 38.0 Å². The van der Waals surface area contributed by atoms with Gasteiger partial charge in [0.05, 0.1) is 39.1 Å². The molecule has 1 atom stereocenters. The van der Waals surface area contributed by atoms with E-state index in [0.29, 0.717) is 50.8 Å². The average molecular weight is 527 g/mol. The van der Waals surface area contributed by atoms with Crippen molar-refractivity contribution in [1.29, 1.82) is 0 Å². The minimum atomic E-state index is -0.411. The van der Waals surface area contributed by atoms with Crippen LogP contribution in [0.2, 0.25) is 0 Å². The molecule has 0 saturated carbocycles. The highest BCUT2D eigenvalue weighted by Crippen LogP contribution is 2.36. The van der Waals surface area contributed by atoms with Crippen LogP contribution in [0.3, 0.4) is 0 Å². The van der Waals surface area contributed by atoms with Gasteiger partial charge >= 0.3 is 11.9 Å². The molecule has 8 nitrogen and oxygen atoms in total. The number of carbonyl (C=O) groups is 2. The highest BCUT2D eigenvalue weighted by Gasteiger charge is 2.21. The summed E-state index contributed by atoms with van der Waals surface area (Å²) in [6, 6.07) is 10.5. The molecule has 1 aliphatic carbocycles. The number of benzene rings is 2. The summed E-state index contributed by atoms with van der Waals surface area (Å²) in [5, 5.41) is 2.26. The lowest BCUT2D eigenvalue weighted by Crippen LogP contribution is -2.17. The Morgan fingerprint density at radius 2 is 1.42 bits per heavy atom. The number of aryl methyl sites for hydroxylation is 1. The Labute approximate surface area is 224 Å². The highest BCUT2D eigenvalue weighted by atomic mass is 16.6. The number of ether oxygens (including phenoxy) is 6. The number of hydrogen-bond acceptors (Lipinski definition) is 8. The van der Waals surface area contributed by atoms with Crippen LogP contribution in [0.5, 0.6) is 5.75 Å². The molecule has 0 saturated heterocycles. The summed E-state index contributed by atoms with van der Waals surface area (Å²) in [5.41, 5.74) is 3.28. The fraction of sp³-hybridized carbons (Fsp3) is 0.467. The summed E-state index contributed by atoms with van der Waals surface area (Å²) < 4.78 is 33.0. The zero-order valence-corrected chi connectivity index (χ0v) is 22.4. The van der Waals surface area contributed by atoms with E-state index in [1.807, 2.05) is 12.1 Å². The van der Waals surface area contributed by atoms with Crippen LogP contribution in [-0.2, 0) is 39.7 Å². The Morgan fingerprint density at radius 3 is 2.08 bits per heavy atom. The molecular formula is C30H38O8. The maximum atomic E-state index is 11.4. The largest absolute Gasteiger partial charge is 0.491 e. The average Bonchev–Trinajstić information content (AvgIpc) is 2.90. The Bertz CT molecular complexity index is 1120. The quantitative estimate of drug-likeness (QED) is 0.174. The van der Waals surface area contributed by atoms with E-state index in [0.717, 1.165) is 35.8 Å². The van der Waals surface area contributed by atoms with Gasteiger partial charge in [-0.15, -0.1) is 0 Å². The van der Waals surface area contributed by atoms with Crippen LogP contribution in [0.25, 0.3) is 10.8 Å². The van der Waals surface area contributed by atoms with Gasteiger partial charge in [0.2, 0.25) is 0 Å². The maximum Gasteiger partial charge on any atom is 0.333 e. The Morgan fingerprint density at radius 1 is 0.789 bits per heavy atom. The van der Waals surface area contributed by atoms with E-state index in [2.05, 4.69) is 31.4 Å². The number of fused-ring (bicyclic) bond motifs is 2. The highest BCUT2D eigenvalue weighted by molar-refractivity contribution is 5.87. The van der Waals surface area contributed by atoms with Gasteiger partial charge in [0.25, 0.3) is 0 Å². The molecule has 0 N–H and O–H groups in total. The zero-order valence-electron chi connectivity index (χ0n) is 22.4. The monoisotopic (exact) mass is 526 g/mol. The standard InChI is InChI=1S/C30H38O8/c1-21(2)29(31)37-16-12-33-10-14-35-26-9-8-23-20-27-24(18-25(23)19-26)6-5-7-28(27)36-15-11-34-13-17-38-30(32)22(3)4/h8-9,18-20,28H,1,3,5-7,10-17H2,2,4H3. The second kappa shape index (κ2) is 15.3. The minimum absolute atomic E-state index is 0.0377. The van der Waals surface area contributed by atoms with Crippen molar-refractivity contribution in [2.75, 3.05) is 52.9 Å². The summed E-state index contributed by atoms with van der Waals surface area (Å²) in [4.78, 5) is 22.7. The van der Waals surface area contributed by atoms with E-state index in [1.54, 1.807) is 13.8 Å². The van der Waals surface area contributed by atoms with Gasteiger partial charge < -0.3 is 28.4 Å². The van der Waals surface area contributed by atoms with Gasteiger partial charge in [-0.25, -0.2) is 9.59 Å². The third kappa shape index (κ3) is 9.28. The van der Waals surface area contributed by atoms with Crippen molar-refractivity contribution in [3.05, 3.63) is 65.8 Å². The molecule has 1 aliphatic rings. The molecule has 1 unspecified atom stereocenters. The molecule has 0 heterocycles.